The van der Waals surface area contributed by atoms with Gasteiger partial charge in [0.25, 0.3) is 5.91 Å². The lowest BCUT2D eigenvalue weighted by atomic mass is 9.98. The van der Waals surface area contributed by atoms with Gasteiger partial charge in [-0.1, -0.05) is 68.8 Å². The molecule has 0 saturated heterocycles. The maximum absolute atomic E-state index is 13.8. The Morgan fingerprint density at radius 2 is 1.73 bits per heavy atom. The van der Waals surface area contributed by atoms with Gasteiger partial charge in [-0.25, -0.2) is 4.79 Å². The smallest absolute Gasteiger partial charge is 0.408 e. The third-order valence-corrected chi connectivity index (χ3v) is 5.45. The fraction of sp³-hybridized carbons (Fsp3) is 0.414. The number of amides is 3. The Bertz CT molecular complexity index is 1130. The van der Waals surface area contributed by atoms with Gasteiger partial charge in [0.15, 0.2) is 6.04 Å². The number of carbonyl (C=O) groups excluding carboxylic acids is 3. The Morgan fingerprint density at radius 1 is 1.08 bits per heavy atom. The summed E-state index contributed by atoms with van der Waals surface area (Å²) >= 11 is 0. The molecule has 0 aliphatic carbocycles. The molecule has 0 aliphatic rings. The first kappa shape index (κ1) is 29.2. The van der Waals surface area contributed by atoms with Gasteiger partial charge in [0, 0.05) is 18.2 Å². The number of terminal acetylenes is 1. The van der Waals surface area contributed by atoms with Crippen LogP contribution in [0.2, 0.25) is 0 Å². The number of hydrogen-bond donors (Lipinski definition) is 3. The first-order valence-corrected chi connectivity index (χ1v) is 12.2. The van der Waals surface area contributed by atoms with Crippen LogP contribution in [0, 0.1) is 25.3 Å². The Kier molecular flexibility index (Phi) is 10.1. The Morgan fingerprint density at radius 3 is 2.30 bits per heavy atom. The summed E-state index contributed by atoms with van der Waals surface area (Å²) in [6.45, 7) is 10.8. The minimum Gasteiger partial charge on any atom is -0.507 e. The summed E-state index contributed by atoms with van der Waals surface area (Å²) in [6, 6.07) is 14.1. The fourth-order valence-electron chi connectivity index (χ4n) is 3.76. The monoisotopic (exact) mass is 507 g/mol. The van der Waals surface area contributed by atoms with E-state index >= 15 is 0 Å². The summed E-state index contributed by atoms with van der Waals surface area (Å²) in [4.78, 5) is 40.7. The Balaban J connectivity index is 2.45. The van der Waals surface area contributed by atoms with E-state index in [1.54, 1.807) is 45.9 Å². The van der Waals surface area contributed by atoms with Gasteiger partial charge in [-0.05, 0) is 51.2 Å². The third kappa shape index (κ3) is 8.57. The highest BCUT2D eigenvalue weighted by molar-refractivity contribution is 5.93. The number of alkyl carbamates (subject to hydrolysis) is 1. The molecule has 8 nitrogen and oxygen atoms in total. The Labute approximate surface area is 219 Å². The molecule has 3 amide bonds. The third-order valence-electron chi connectivity index (χ3n) is 5.45. The van der Waals surface area contributed by atoms with Gasteiger partial charge in [0.05, 0.1) is 0 Å². The van der Waals surface area contributed by atoms with Crippen molar-refractivity contribution in [2.45, 2.75) is 72.2 Å². The number of hydrogen-bond acceptors (Lipinski definition) is 5. The average Bonchev–Trinajstić information content (AvgIpc) is 2.81. The number of benzene rings is 2. The first-order chi connectivity index (χ1) is 17.3. The van der Waals surface area contributed by atoms with Crippen molar-refractivity contribution in [1.29, 1.82) is 0 Å². The van der Waals surface area contributed by atoms with Crippen LogP contribution in [0.4, 0.5) is 4.79 Å². The number of para-hydroxylation sites is 1. The van der Waals surface area contributed by atoms with Crippen molar-refractivity contribution in [3.05, 3.63) is 65.2 Å². The van der Waals surface area contributed by atoms with Crippen molar-refractivity contribution in [3.8, 4) is 18.2 Å². The number of phenolic OH excluding ortho intramolecular Hbond substituents is 1. The van der Waals surface area contributed by atoms with Crippen LogP contribution in [-0.2, 0) is 20.9 Å². The van der Waals surface area contributed by atoms with E-state index in [0.717, 1.165) is 10.5 Å². The van der Waals surface area contributed by atoms with Crippen molar-refractivity contribution < 1.29 is 24.2 Å². The highest BCUT2D eigenvalue weighted by Crippen LogP contribution is 2.32. The fourth-order valence-corrected chi connectivity index (χ4v) is 3.76. The van der Waals surface area contributed by atoms with Gasteiger partial charge < -0.3 is 20.5 Å². The van der Waals surface area contributed by atoms with Crippen molar-refractivity contribution in [3.63, 3.8) is 0 Å². The van der Waals surface area contributed by atoms with Crippen LogP contribution in [0.3, 0.4) is 0 Å². The van der Waals surface area contributed by atoms with E-state index in [0.29, 0.717) is 5.56 Å². The molecule has 0 spiro atoms. The van der Waals surface area contributed by atoms with E-state index in [1.807, 2.05) is 44.2 Å². The van der Waals surface area contributed by atoms with Crippen LogP contribution in [0.15, 0.2) is 48.5 Å². The van der Waals surface area contributed by atoms with Crippen LogP contribution in [0.5, 0.6) is 5.75 Å². The van der Waals surface area contributed by atoms with Crippen molar-refractivity contribution in [2.24, 2.45) is 5.92 Å². The van der Waals surface area contributed by atoms with E-state index in [2.05, 4.69) is 16.7 Å². The lowest BCUT2D eigenvalue weighted by molar-refractivity contribution is -0.139. The molecular weight excluding hydrogens is 470 g/mol. The van der Waals surface area contributed by atoms with Crippen molar-refractivity contribution >= 4 is 17.9 Å². The second-order valence-corrected chi connectivity index (χ2v) is 10.3. The van der Waals surface area contributed by atoms with Crippen LogP contribution in [0.25, 0.3) is 0 Å². The maximum atomic E-state index is 13.8. The molecule has 0 saturated carbocycles. The summed E-state index contributed by atoms with van der Waals surface area (Å²) in [7, 11) is 0. The zero-order valence-corrected chi connectivity index (χ0v) is 22.4. The minimum absolute atomic E-state index is 0.0150. The topological polar surface area (TPSA) is 108 Å². The van der Waals surface area contributed by atoms with Gasteiger partial charge in [-0.3, -0.25) is 14.5 Å². The highest BCUT2D eigenvalue weighted by atomic mass is 16.6. The van der Waals surface area contributed by atoms with Crippen LogP contribution in [-0.4, -0.2) is 39.6 Å². The predicted molar refractivity (Wildman–Crippen MR) is 142 cm³/mol. The standard InChI is InChI=1S/C29H37N3O5/c1-8-32(27(35)23(17-19(2)3)31-28(36)37-29(5,6)7)24(22-16-12-13-20(4)25(22)33)26(34)30-18-21-14-10-9-11-15-21/h1,9-16,19,23-24,33H,17-18H2,2-7H3,(H,30,34)(H,31,36). The summed E-state index contributed by atoms with van der Waals surface area (Å²) in [5.41, 5.74) is 0.783. The maximum Gasteiger partial charge on any atom is 0.408 e. The molecule has 37 heavy (non-hydrogen) atoms. The van der Waals surface area contributed by atoms with Crippen molar-refractivity contribution in [2.75, 3.05) is 0 Å². The Hall–Kier alpha value is -3.99. The van der Waals surface area contributed by atoms with Gasteiger partial charge in [-0.2, -0.15) is 0 Å². The number of nitrogens with zero attached hydrogens (tertiary/aromatic N) is 1. The molecule has 2 aromatic carbocycles. The number of carbonyl (C=O) groups is 3. The van der Waals surface area contributed by atoms with E-state index in [4.69, 9.17) is 11.2 Å². The lowest BCUT2D eigenvalue weighted by Crippen LogP contribution is -2.51. The number of rotatable bonds is 9. The van der Waals surface area contributed by atoms with E-state index in [1.165, 1.54) is 0 Å². The molecule has 0 aliphatic heterocycles. The number of ether oxygens (including phenoxy) is 1. The van der Waals surface area contributed by atoms with Crippen molar-refractivity contribution in [1.82, 2.24) is 15.5 Å². The largest absolute Gasteiger partial charge is 0.507 e. The van der Waals surface area contributed by atoms with Gasteiger partial charge in [0.1, 0.15) is 17.4 Å². The molecule has 198 valence electrons. The normalized spacial score (nSPS) is 12.7. The average molecular weight is 508 g/mol. The molecule has 0 heterocycles. The summed E-state index contributed by atoms with van der Waals surface area (Å²) in [5.74, 6) is -1.36. The second-order valence-electron chi connectivity index (χ2n) is 10.3. The molecule has 2 aromatic rings. The van der Waals surface area contributed by atoms with Crippen LogP contribution < -0.4 is 10.6 Å². The minimum atomic E-state index is -1.34. The molecule has 2 unspecified atom stereocenters. The summed E-state index contributed by atoms with van der Waals surface area (Å²) < 4.78 is 5.34. The van der Waals surface area contributed by atoms with Gasteiger partial charge >= 0.3 is 6.09 Å². The molecule has 0 bridgehead atoms. The molecule has 8 heteroatoms. The number of nitrogens with one attached hydrogen (secondary N) is 2. The molecule has 0 radical (unpaired) electrons. The predicted octanol–water partition coefficient (Wildman–Crippen LogP) is 4.42. The number of aryl methyl sites for hydroxylation is 1. The van der Waals surface area contributed by atoms with E-state index < -0.39 is 35.6 Å². The summed E-state index contributed by atoms with van der Waals surface area (Å²) in [6.07, 6.45) is 5.28. The molecule has 3 N–H and O–H groups in total. The number of aromatic hydroxyl groups is 1. The lowest BCUT2D eigenvalue weighted by Gasteiger charge is -2.31. The zero-order chi connectivity index (χ0) is 27.8. The molecular formula is C29H37N3O5. The quantitative estimate of drug-likeness (QED) is 0.344. The van der Waals surface area contributed by atoms with Gasteiger partial charge in [-0.15, -0.1) is 0 Å². The summed E-state index contributed by atoms with van der Waals surface area (Å²) in [5, 5.41) is 16.2. The molecule has 0 aromatic heterocycles. The number of phenols is 1. The second kappa shape index (κ2) is 12.8. The van der Waals surface area contributed by atoms with E-state index in [-0.39, 0.29) is 30.2 Å². The first-order valence-electron chi connectivity index (χ1n) is 12.2. The molecule has 0 fully saturated rings. The van der Waals surface area contributed by atoms with E-state index in [9.17, 15) is 19.5 Å². The van der Waals surface area contributed by atoms with Crippen LogP contribution in [0.1, 0.15) is 63.8 Å². The SMILES string of the molecule is C#CN(C(=O)C(CC(C)C)NC(=O)OC(C)(C)C)C(C(=O)NCc1ccccc1)c1cccc(C)c1O. The molecule has 2 rings (SSSR count). The zero-order valence-electron chi connectivity index (χ0n) is 22.4. The highest BCUT2D eigenvalue weighted by Gasteiger charge is 2.37. The van der Waals surface area contributed by atoms with Crippen LogP contribution >= 0.6 is 0 Å². The molecule has 2 atom stereocenters. The van der Waals surface area contributed by atoms with Gasteiger partial charge in [0.2, 0.25) is 5.91 Å².